The number of halogens is 3. The molecule has 12 heteroatoms. The van der Waals surface area contributed by atoms with Crippen LogP contribution in [-0.4, -0.2) is 40.1 Å². The van der Waals surface area contributed by atoms with Gasteiger partial charge < -0.3 is 14.8 Å². The molecule has 8 nitrogen and oxygen atoms in total. The third-order valence-electron chi connectivity index (χ3n) is 3.25. The molecule has 1 amide bonds. The lowest BCUT2D eigenvalue weighted by molar-refractivity contribution is -0.146. The second-order valence-electron chi connectivity index (χ2n) is 5.37. The van der Waals surface area contributed by atoms with Crippen LogP contribution in [-0.2, 0) is 24.3 Å². The van der Waals surface area contributed by atoms with Crippen molar-refractivity contribution in [3.63, 3.8) is 0 Å². The van der Waals surface area contributed by atoms with Gasteiger partial charge in [0.15, 0.2) is 6.61 Å². The van der Waals surface area contributed by atoms with Gasteiger partial charge in [0.1, 0.15) is 12.3 Å². The van der Waals surface area contributed by atoms with Crippen LogP contribution in [0.25, 0.3) is 0 Å². The smallest absolute Gasteiger partial charge is 0.387 e. The van der Waals surface area contributed by atoms with Crippen molar-refractivity contribution in [2.24, 2.45) is 0 Å². The molecule has 0 saturated carbocycles. The number of rotatable bonds is 9. The van der Waals surface area contributed by atoms with E-state index in [4.69, 9.17) is 0 Å². The van der Waals surface area contributed by atoms with E-state index in [2.05, 4.69) is 30.7 Å². The minimum Gasteiger partial charge on any atom is -0.455 e. The molecule has 0 aromatic heterocycles. The van der Waals surface area contributed by atoms with Crippen LogP contribution in [0.4, 0.5) is 14.5 Å². The second-order valence-corrected chi connectivity index (χ2v) is 8.05. The lowest BCUT2D eigenvalue weighted by atomic mass is 10.3. The number of sulfonamides is 1. The van der Waals surface area contributed by atoms with Crippen LogP contribution in [0.15, 0.2) is 57.9 Å². The number of benzene rings is 2. The Kier molecular flexibility index (Phi) is 8.05. The summed E-state index contributed by atoms with van der Waals surface area (Å²) < 4.78 is 60.4. The first-order valence-electron chi connectivity index (χ1n) is 7.92. The fourth-order valence-corrected chi connectivity index (χ4v) is 3.59. The molecule has 2 aromatic carbocycles. The number of hydrogen-bond acceptors (Lipinski definition) is 6. The van der Waals surface area contributed by atoms with Crippen molar-refractivity contribution in [3.8, 4) is 5.75 Å². The molecule has 0 aliphatic rings. The summed E-state index contributed by atoms with van der Waals surface area (Å²) in [6.07, 6.45) is 0. The van der Waals surface area contributed by atoms with E-state index < -0.39 is 41.7 Å². The topological polar surface area (TPSA) is 111 Å². The Bertz CT molecular complexity index is 987. The van der Waals surface area contributed by atoms with Gasteiger partial charge in [-0.2, -0.15) is 13.5 Å². The van der Waals surface area contributed by atoms with Crippen LogP contribution in [0, 0.1) is 0 Å². The molecule has 0 bridgehead atoms. The van der Waals surface area contributed by atoms with E-state index in [0.29, 0.717) is 4.47 Å². The SMILES string of the molecule is O=C(COC(=O)CNS(=O)(=O)c1cccc(Br)c1)Nc1ccccc1OC(F)F. The summed E-state index contributed by atoms with van der Waals surface area (Å²) in [7, 11) is -3.95. The van der Waals surface area contributed by atoms with E-state index in [1.54, 1.807) is 6.07 Å². The normalized spacial score (nSPS) is 11.2. The van der Waals surface area contributed by atoms with Crippen molar-refractivity contribution >= 4 is 43.5 Å². The van der Waals surface area contributed by atoms with E-state index in [-0.39, 0.29) is 16.3 Å². The Balaban J connectivity index is 1.84. The summed E-state index contributed by atoms with van der Waals surface area (Å²) in [5.74, 6) is -2.08. The minimum absolute atomic E-state index is 0.0378. The van der Waals surface area contributed by atoms with E-state index in [1.807, 2.05) is 4.72 Å². The van der Waals surface area contributed by atoms with Gasteiger partial charge in [-0.3, -0.25) is 9.59 Å². The maximum absolute atomic E-state index is 12.4. The standard InChI is InChI=1S/C17H15BrF2N2O6S/c18-11-4-3-5-12(8-11)29(25,26)21-9-16(24)27-10-15(23)22-13-6-1-2-7-14(13)28-17(19)20/h1-8,17,21H,9-10H2,(H,22,23). The molecule has 0 heterocycles. The van der Waals surface area contributed by atoms with Crippen molar-refractivity contribution < 1.29 is 36.3 Å². The number of amides is 1. The molecule has 29 heavy (non-hydrogen) atoms. The zero-order chi connectivity index (χ0) is 21.4. The predicted octanol–water partition coefficient (Wildman–Crippen LogP) is 2.51. The number of anilines is 1. The molecule has 0 atom stereocenters. The van der Waals surface area contributed by atoms with Gasteiger partial charge in [0.25, 0.3) is 5.91 Å². The van der Waals surface area contributed by atoms with Crippen molar-refractivity contribution in [2.45, 2.75) is 11.5 Å². The molecule has 0 aliphatic carbocycles. The Morgan fingerprint density at radius 1 is 1.10 bits per heavy atom. The van der Waals surface area contributed by atoms with Crippen molar-refractivity contribution in [3.05, 3.63) is 53.0 Å². The van der Waals surface area contributed by atoms with Gasteiger partial charge in [-0.15, -0.1) is 0 Å². The van der Waals surface area contributed by atoms with E-state index in [9.17, 15) is 26.8 Å². The lowest BCUT2D eigenvalue weighted by Gasteiger charge is -2.12. The summed E-state index contributed by atoms with van der Waals surface area (Å²) in [5.41, 5.74) is -0.0378. The molecule has 2 rings (SSSR count). The van der Waals surface area contributed by atoms with Crippen molar-refractivity contribution in [1.29, 1.82) is 0 Å². The Labute approximate surface area is 173 Å². The molecule has 0 saturated heterocycles. The van der Waals surface area contributed by atoms with E-state index >= 15 is 0 Å². The fourth-order valence-electron chi connectivity index (χ4n) is 2.02. The molecule has 0 fully saturated rings. The molecule has 156 valence electrons. The average Bonchev–Trinajstić information content (AvgIpc) is 2.66. The van der Waals surface area contributed by atoms with Crippen LogP contribution in [0.1, 0.15) is 0 Å². The number of ether oxygens (including phenoxy) is 2. The van der Waals surface area contributed by atoms with Gasteiger partial charge in [0.05, 0.1) is 10.6 Å². The average molecular weight is 493 g/mol. The highest BCUT2D eigenvalue weighted by Gasteiger charge is 2.17. The van der Waals surface area contributed by atoms with Crippen molar-refractivity contribution in [2.75, 3.05) is 18.5 Å². The highest BCUT2D eigenvalue weighted by Crippen LogP contribution is 2.25. The highest BCUT2D eigenvalue weighted by atomic mass is 79.9. The Morgan fingerprint density at radius 2 is 1.83 bits per heavy atom. The predicted molar refractivity (Wildman–Crippen MR) is 102 cm³/mol. The van der Waals surface area contributed by atoms with Gasteiger partial charge >= 0.3 is 12.6 Å². The molecule has 2 aromatic rings. The fraction of sp³-hybridized carbons (Fsp3) is 0.176. The number of esters is 1. The molecule has 2 N–H and O–H groups in total. The van der Waals surface area contributed by atoms with Crippen LogP contribution < -0.4 is 14.8 Å². The van der Waals surface area contributed by atoms with Gasteiger partial charge in [0, 0.05) is 4.47 Å². The van der Waals surface area contributed by atoms with Gasteiger partial charge in [-0.1, -0.05) is 34.1 Å². The van der Waals surface area contributed by atoms with E-state index in [1.165, 1.54) is 42.5 Å². The lowest BCUT2D eigenvalue weighted by Crippen LogP contribution is -2.32. The first kappa shape index (κ1) is 22.7. The molecule has 0 aliphatic heterocycles. The molecular weight excluding hydrogens is 478 g/mol. The zero-order valence-corrected chi connectivity index (χ0v) is 17.0. The van der Waals surface area contributed by atoms with Crippen LogP contribution >= 0.6 is 15.9 Å². The Morgan fingerprint density at radius 3 is 2.52 bits per heavy atom. The summed E-state index contributed by atoms with van der Waals surface area (Å²) in [4.78, 5) is 23.5. The second kappa shape index (κ2) is 10.3. The summed E-state index contributed by atoms with van der Waals surface area (Å²) in [6.45, 7) is -4.53. The molecule has 0 radical (unpaired) electrons. The first-order chi connectivity index (χ1) is 13.7. The third-order valence-corrected chi connectivity index (χ3v) is 5.15. The van der Waals surface area contributed by atoms with Crippen LogP contribution in [0.5, 0.6) is 5.75 Å². The van der Waals surface area contributed by atoms with Gasteiger partial charge in [0.2, 0.25) is 10.0 Å². The van der Waals surface area contributed by atoms with Crippen LogP contribution in [0.2, 0.25) is 0 Å². The number of nitrogens with one attached hydrogen (secondary N) is 2. The number of carbonyl (C=O) groups excluding carboxylic acids is 2. The maximum atomic E-state index is 12.4. The quantitative estimate of drug-likeness (QED) is 0.520. The first-order valence-corrected chi connectivity index (χ1v) is 10.2. The number of para-hydroxylation sites is 2. The zero-order valence-electron chi connectivity index (χ0n) is 14.6. The number of carbonyl (C=O) groups is 2. The highest BCUT2D eigenvalue weighted by molar-refractivity contribution is 9.10. The van der Waals surface area contributed by atoms with Gasteiger partial charge in [-0.25, -0.2) is 8.42 Å². The summed E-state index contributed by atoms with van der Waals surface area (Å²) in [5, 5.41) is 2.26. The monoisotopic (exact) mass is 492 g/mol. The maximum Gasteiger partial charge on any atom is 0.387 e. The van der Waals surface area contributed by atoms with Crippen molar-refractivity contribution in [1.82, 2.24) is 4.72 Å². The van der Waals surface area contributed by atoms with Gasteiger partial charge in [-0.05, 0) is 30.3 Å². The minimum atomic E-state index is -3.95. The summed E-state index contributed by atoms with van der Waals surface area (Å²) >= 11 is 3.14. The largest absolute Gasteiger partial charge is 0.455 e. The number of hydrogen-bond donors (Lipinski definition) is 2. The van der Waals surface area contributed by atoms with E-state index in [0.717, 1.165) is 0 Å². The van der Waals surface area contributed by atoms with Crippen LogP contribution in [0.3, 0.4) is 0 Å². The Hall–Kier alpha value is -2.57. The molecular formula is C17H15BrF2N2O6S. The third kappa shape index (κ3) is 7.40. The molecule has 0 spiro atoms. The molecule has 0 unspecified atom stereocenters. The summed E-state index contributed by atoms with van der Waals surface area (Å²) in [6, 6.07) is 11.3. The number of alkyl halides is 2.